The lowest BCUT2D eigenvalue weighted by atomic mass is 10.0. The van der Waals surface area contributed by atoms with E-state index in [1.165, 1.54) is 0 Å². The summed E-state index contributed by atoms with van der Waals surface area (Å²) >= 11 is 0. The average molecular weight is 214 g/mol. The summed E-state index contributed by atoms with van der Waals surface area (Å²) in [6.45, 7) is 2.02. The summed E-state index contributed by atoms with van der Waals surface area (Å²) in [7, 11) is 0. The number of aromatic nitrogens is 1. The van der Waals surface area contributed by atoms with Gasteiger partial charge in [0.1, 0.15) is 11.6 Å². The molecule has 0 bridgehead atoms. The lowest BCUT2D eigenvalue weighted by molar-refractivity contribution is 0.475. The molecule has 0 atom stereocenters. The zero-order valence-corrected chi connectivity index (χ0v) is 9.14. The molecule has 0 unspecified atom stereocenters. The monoisotopic (exact) mass is 214 g/mol. The van der Waals surface area contributed by atoms with Crippen molar-refractivity contribution >= 4 is 5.82 Å². The van der Waals surface area contributed by atoms with Gasteiger partial charge in [0, 0.05) is 18.2 Å². The van der Waals surface area contributed by atoms with Gasteiger partial charge in [-0.05, 0) is 36.2 Å². The van der Waals surface area contributed by atoms with Crippen LogP contribution in [0.3, 0.4) is 0 Å². The number of aryl methyl sites for hydroxylation is 1. The first kappa shape index (κ1) is 10.5. The number of pyridine rings is 1. The summed E-state index contributed by atoms with van der Waals surface area (Å²) in [5.74, 6) is 0.854. The van der Waals surface area contributed by atoms with Gasteiger partial charge in [-0.1, -0.05) is 12.1 Å². The fourth-order valence-electron chi connectivity index (χ4n) is 1.66. The van der Waals surface area contributed by atoms with Gasteiger partial charge < -0.3 is 10.8 Å². The minimum absolute atomic E-state index is 0.277. The molecule has 0 aliphatic heterocycles. The molecule has 0 amide bonds. The van der Waals surface area contributed by atoms with Crippen molar-refractivity contribution in [2.45, 2.75) is 13.3 Å². The number of benzene rings is 1. The van der Waals surface area contributed by atoms with Gasteiger partial charge in [0.05, 0.1) is 0 Å². The molecule has 1 heterocycles. The third-order valence-electron chi connectivity index (χ3n) is 2.64. The quantitative estimate of drug-likeness (QED) is 0.806. The zero-order chi connectivity index (χ0) is 11.5. The molecule has 0 saturated carbocycles. The SMILES string of the molecule is Cc1ccnc(N)c1Cc1ccc(O)cc1. The van der Waals surface area contributed by atoms with E-state index < -0.39 is 0 Å². The van der Waals surface area contributed by atoms with Gasteiger partial charge in [-0.15, -0.1) is 0 Å². The third kappa shape index (κ3) is 2.14. The Morgan fingerprint density at radius 3 is 2.50 bits per heavy atom. The second-order valence-electron chi connectivity index (χ2n) is 3.83. The van der Waals surface area contributed by atoms with Crippen LogP contribution in [-0.2, 0) is 6.42 Å². The molecule has 0 aliphatic rings. The standard InChI is InChI=1S/C13H14N2O/c1-9-6-7-15-13(14)12(9)8-10-2-4-11(16)5-3-10/h2-7,16H,8H2,1H3,(H2,14,15). The molecule has 3 nitrogen and oxygen atoms in total. The Bertz CT molecular complexity index is 472. The lowest BCUT2D eigenvalue weighted by Crippen LogP contribution is -2.00. The van der Waals surface area contributed by atoms with Crippen LogP contribution < -0.4 is 5.73 Å². The van der Waals surface area contributed by atoms with E-state index in [-0.39, 0.29) is 5.75 Å². The van der Waals surface area contributed by atoms with Gasteiger partial charge in [-0.2, -0.15) is 0 Å². The number of hydrogen-bond acceptors (Lipinski definition) is 3. The van der Waals surface area contributed by atoms with Gasteiger partial charge in [0.2, 0.25) is 0 Å². The fraction of sp³-hybridized carbons (Fsp3) is 0.154. The molecule has 1 aromatic carbocycles. The van der Waals surface area contributed by atoms with Crippen LogP contribution in [0.15, 0.2) is 36.5 Å². The summed E-state index contributed by atoms with van der Waals surface area (Å²) in [6.07, 6.45) is 2.46. The number of aromatic hydroxyl groups is 1. The highest BCUT2D eigenvalue weighted by Gasteiger charge is 2.05. The molecule has 3 N–H and O–H groups in total. The van der Waals surface area contributed by atoms with E-state index in [1.54, 1.807) is 18.3 Å². The Labute approximate surface area is 94.6 Å². The maximum Gasteiger partial charge on any atom is 0.127 e. The largest absolute Gasteiger partial charge is 0.508 e. The molecule has 0 saturated heterocycles. The normalized spacial score (nSPS) is 10.3. The first-order valence-corrected chi connectivity index (χ1v) is 5.14. The molecule has 2 aromatic rings. The zero-order valence-electron chi connectivity index (χ0n) is 9.14. The lowest BCUT2D eigenvalue weighted by Gasteiger charge is -2.08. The summed E-state index contributed by atoms with van der Waals surface area (Å²) < 4.78 is 0. The van der Waals surface area contributed by atoms with Crippen molar-refractivity contribution in [2.75, 3.05) is 5.73 Å². The maximum absolute atomic E-state index is 9.19. The Kier molecular flexibility index (Phi) is 2.77. The summed E-state index contributed by atoms with van der Waals surface area (Å²) in [6, 6.07) is 9.09. The molecular formula is C13H14N2O. The molecule has 0 spiro atoms. The van der Waals surface area contributed by atoms with Crippen LogP contribution in [0.1, 0.15) is 16.7 Å². The Hall–Kier alpha value is -2.03. The van der Waals surface area contributed by atoms with E-state index in [4.69, 9.17) is 5.73 Å². The number of nitrogens with two attached hydrogens (primary N) is 1. The first-order chi connectivity index (χ1) is 7.66. The number of hydrogen-bond donors (Lipinski definition) is 2. The van der Waals surface area contributed by atoms with E-state index >= 15 is 0 Å². The number of nitrogen functional groups attached to an aromatic ring is 1. The van der Waals surface area contributed by atoms with E-state index in [1.807, 2.05) is 25.1 Å². The van der Waals surface area contributed by atoms with Crippen LogP contribution in [0.5, 0.6) is 5.75 Å². The van der Waals surface area contributed by atoms with Crippen molar-refractivity contribution in [2.24, 2.45) is 0 Å². The number of anilines is 1. The average Bonchev–Trinajstić information content (AvgIpc) is 2.26. The van der Waals surface area contributed by atoms with Gasteiger partial charge in [0.25, 0.3) is 0 Å². The predicted molar refractivity (Wildman–Crippen MR) is 64.3 cm³/mol. The van der Waals surface area contributed by atoms with Gasteiger partial charge in [0.15, 0.2) is 0 Å². The van der Waals surface area contributed by atoms with Crippen LogP contribution in [0.4, 0.5) is 5.82 Å². The van der Waals surface area contributed by atoms with Crippen LogP contribution in [-0.4, -0.2) is 10.1 Å². The van der Waals surface area contributed by atoms with Crippen molar-refractivity contribution in [1.29, 1.82) is 0 Å². The molecule has 2 rings (SSSR count). The second kappa shape index (κ2) is 4.23. The van der Waals surface area contributed by atoms with E-state index in [9.17, 15) is 5.11 Å². The summed E-state index contributed by atoms with van der Waals surface area (Å²) in [5, 5.41) is 9.19. The Balaban J connectivity index is 2.30. The van der Waals surface area contributed by atoms with Crippen molar-refractivity contribution in [3.8, 4) is 5.75 Å². The van der Waals surface area contributed by atoms with E-state index in [2.05, 4.69) is 4.98 Å². The van der Waals surface area contributed by atoms with Crippen LogP contribution in [0.2, 0.25) is 0 Å². The fourth-order valence-corrected chi connectivity index (χ4v) is 1.66. The Morgan fingerprint density at radius 1 is 1.19 bits per heavy atom. The third-order valence-corrected chi connectivity index (χ3v) is 2.64. The van der Waals surface area contributed by atoms with Crippen LogP contribution in [0, 0.1) is 6.92 Å². The molecule has 0 fully saturated rings. The first-order valence-electron chi connectivity index (χ1n) is 5.14. The molecule has 0 aliphatic carbocycles. The number of phenolic OH excluding ortho intramolecular Hbond substituents is 1. The van der Waals surface area contributed by atoms with Gasteiger partial charge in [-0.25, -0.2) is 4.98 Å². The molecule has 3 heteroatoms. The minimum atomic E-state index is 0.277. The predicted octanol–water partition coefficient (Wildman–Crippen LogP) is 2.27. The number of rotatable bonds is 2. The number of phenols is 1. The highest BCUT2D eigenvalue weighted by Crippen LogP contribution is 2.19. The molecule has 0 radical (unpaired) electrons. The number of nitrogens with zero attached hydrogens (tertiary/aromatic N) is 1. The van der Waals surface area contributed by atoms with Crippen molar-refractivity contribution in [1.82, 2.24) is 4.98 Å². The Morgan fingerprint density at radius 2 is 1.88 bits per heavy atom. The maximum atomic E-state index is 9.19. The summed E-state index contributed by atoms with van der Waals surface area (Å²) in [5.41, 5.74) is 9.14. The van der Waals surface area contributed by atoms with Gasteiger partial charge in [-0.3, -0.25) is 0 Å². The van der Waals surface area contributed by atoms with E-state index in [0.29, 0.717) is 5.82 Å². The molecule has 1 aromatic heterocycles. The molecule has 82 valence electrons. The minimum Gasteiger partial charge on any atom is -0.508 e. The second-order valence-corrected chi connectivity index (χ2v) is 3.83. The van der Waals surface area contributed by atoms with E-state index in [0.717, 1.165) is 23.1 Å². The smallest absolute Gasteiger partial charge is 0.127 e. The van der Waals surface area contributed by atoms with Crippen LogP contribution >= 0.6 is 0 Å². The summed E-state index contributed by atoms with van der Waals surface area (Å²) in [4.78, 5) is 4.08. The highest BCUT2D eigenvalue weighted by molar-refractivity contribution is 5.46. The highest BCUT2D eigenvalue weighted by atomic mass is 16.3. The van der Waals surface area contributed by atoms with Crippen LogP contribution in [0.25, 0.3) is 0 Å². The van der Waals surface area contributed by atoms with Crippen molar-refractivity contribution in [3.05, 3.63) is 53.2 Å². The molecule has 16 heavy (non-hydrogen) atoms. The van der Waals surface area contributed by atoms with Crippen molar-refractivity contribution < 1.29 is 5.11 Å². The molecular weight excluding hydrogens is 200 g/mol. The topological polar surface area (TPSA) is 59.1 Å². The van der Waals surface area contributed by atoms with Crippen molar-refractivity contribution in [3.63, 3.8) is 0 Å². The van der Waals surface area contributed by atoms with Gasteiger partial charge >= 0.3 is 0 Å².